The van der Waals surface area contributed by atoms with E-state index in [0.717, 1.165) is 32.4 Å². The molecule has 1 saturated heterocycles. The molecule has 1 unspecified atom stereocenters. The first-order valence-electron chi connectivity index (χ1n) is 7.10. The van der Waals surface area contributed by atoms with Crippen LogP contribution in [0.1, 0.15) is 29.6 Å². The number of nitrogens with zero attached hydrogens (tertiary/aromatic N) is 1. The van der Waals surface area contributed by atoms with Crippen molar-refractivity contribution in [2.75, 3.05) is 20.1 Å². The smallest absolute Gasteiger partial charge is 0.387 e. The summed E-state index contributed by atoms with van der Waals surface area (Å²) < 4.78 is 28.4. The molecule has 1 atom stereocenters. The van der Waals surface area contributed by atoms with Gasteiger partial charge in [0.1, 0.15) is 5.75 Å². The number of carbonyl (C=O) groups is 1. The lowest BCUT2D eigenvalue weighted by Crippen LogP contribution is -2.37. The molecule has 1 aliphatic rings. The molecular weight excluding hydrogens is 314 g/mol. The quantitative estimate of drug-likeness (QED) is 0.920. The largest absolute Gasteiger partial charge is 0.435 e. The number of amides is 1. The maximum absolute atomic E-state index is 12.4. The molecule has 4 nitrogen and oxygen atoms in total. The van der Waals surface area contributed by atoms with Crippen LogP contribution in [0.2, 0.25) is 0 Å². The molecule has 1 amide bonds. The van der Waals surface area contributed by atoms with Gasteiger partial charge in [-0.3, -0.25) is 4.79 Å². The number of alkyl halides is 2. The van der Waals surface area contributed by atoms with Gasteiger partial charge in [0.25, 0.3) is 5.91 Å². The van der Waals surface area contributed by atoms with Crippen LogP contribution in [0.4, 0.5) is 8.78 Å². The zero-order chi connectivity index (χ0) is 15.2. The highest BCUT2D eigenvalue weighted by Gasteiger charge is 2.22. The molecule has 0 spiro atoms. The van der Waals surface area contributed by atoms with Crippen LogP contribution in [0.3, 0.4) is 0 Å². The van der Waals surface area contributed by atoms with Crippen molar-refractivity contribution in [1.82, 2.24) is 10.2 Å². The van der Waals surface area contributed by atoms with E-state index in [2.05, 4.69) is 10.1 Å². The first-order valence-corrected chi connectivity index (χ1v) is 7.10. The summed E-state index contributed by atoms with van der Waals surface area (Å²) in [5, 5.41) is 3.31. The second-order valence-corrected chi connectivity index (χ2v) is 5.15. The van der Waals surface area contributed by atoms with E-state index >= 15 is 0 Å². The Morgan fingerprint density at radius 2 is 1.95 bits per heavy atom. The Bertz CT molecular complexity index is 463. The van der Waals surface area contributed by atoms with Gasteiger partial charge in [0.2, 0.25) is 0 Å². The number of rotatable bonds is 4. The zero-order valence-corrected chi connectivity index (χ0v) is 13.2. The molecule has 1 aliphatic heterocycles. The third kappa shape index (κ3) is 5.10. The summed E-state index contributed by atoms with van der Waals surface area (Å²) in [4.78, 5) is 14.2. The Morgan fingerprint density at radius 1 is 1.27 bits per heavy atom. The first-order chi connectivity index (χ1) is 10.1. The molecule has 0 aromatic heterocycles. The fourth-order valence-corrected chi connectivity index (χ4v) is 2.54. The summed E-state index contributed by atoms with van der Waals surface area (Å²) in [5.74, 6) is -0.0339. The molecule has 2 rings (SSSR count). The second kappa shape index (κ2) is 8.90. The van der Waals surface area contributed by atoms with Gasteiger partial charge in [0.05, 0.1) is 0 Å². The number of halogens is 3. The van der Waals surface area contributed by atoms with E-state index in [1.807, 2.05) is 0 Å². The molecule has 0 saturated carbocycles. The summed E-state index contributed by atoms with van der Waals surface area (Å²) in [6.45, 7) is -0.963. The zero-order valence-electron chi connectivity index (χ0n) is 12.4. The topological polar surface area (TPSA) is 41.6 Å². The third-order valence-electron chi connectivity index (χ3n) is 3.74. The normalized spacial score (nSPS) is 18.3. The molecular formula is C15H21ClF2N2O2. The summed E-state index contributed by atoms with van der Waals surface area (Å²) in [6, 6.07) is 6.03. The van der Waals surface area contributed by atoms with Crippen molar-refractivity contribution < 1.29 is 18.3 Å². The number of nitrogens with one attached hydrogen (secondary N) is 1. The number of hydrogen-bond donors (Lipinski definition) is 1. The molecule has 1 fully saturated rings. The van der Waals surface area contributed by atoms with Gasteiger partial charge in [-0.1, -0.05) is 0 Å². The number of benzene rings is 1. The molecule has 0 radical (unpaired) electrons. The lowest BCUT2D eigenvalue weighted by molar-refractivity contribution is -0.0498. The van der Waals surface area contributed by atoms with Gasteiger partial charge in [-0.2, -0.15) is 8.78 Å². The number of carbonyl (C=O) groups excluding carboxylic acids is 1. The standard InChI is InChI=1S/C15H20F2N2O2.ClH/c1-19(12-3-2-9-18-10-8-12)14(20)11-4-6-13(7-5-11)21-15(16)17;/h4-7,12,15,18H,2-3,8-10H2,1H3;1H. The van der Waals surface area contributed by atoms with Crippen molar-refractivity contribution in [1.29, 1.82) is 0 Å². The van der Waals surface area contributed by atoms with Gasteiger partial charge in [-0.05, 0) is 56.6 Å². The van der Waals surface area contributed by atoms with Crippen molar-refractivity contribution in [2.45, 2.75) is 31.9 Å². The van der Waals surface area contributed by atoms with Crippen molar-refractivity contribution in [3.05, 3.63) is 29.8 Å². The van der Waals surface area contributed by atoms with Gasteiger partial charge in [-0.25, -0.2) is 0 Å². The van der Waals surface area contributed by atoms with Gasteiger partial charge in [-0.15, -0.1) is 12.4 Å². The van der Waals surface area contributed by atoms with E-state index in [1.165, 1.54) is 24.3 Å². The lowest BCUT2D eigenvalue weighted by Gasteiger charge is -2.27. The number of ether oxygens (including phenoxy) is 1. The summed E-state index contributed by atoms with van der Waals surface area (Å²) in [5.41, 5.74) is 0.483. The van der Waals surface area contributed by atoms with Gasteiger partial charge >= 0.3 is 6.61 Å². The van der Waals surface area contributed by atoms with Crippen LogP contribution in [0, 0.1) is 0 Å². The fraction of sp³-hybridized carbons (Fsp3) is 0.533. The maximum Gasteiger partial charge on any atom is 0.387 e. The highest BCUT2D eigenvalue weighted by atomic mass is 35.5. The second-order valence-electron chi connectivity index (χ2n) is 5.15. The van der Waals surface area contributed by atoms with Crippen LogP contribution in [0.5, 0.6) is 5.75 Å². The average molecular weight is 335 g/mol. The molecule has 0 bridgehead atoms. The van der Waals surface area contributed by atoms with Gasteiger partial charge < -0.3 is 15.0 Å². The lowest BCUT2D eigenvalue weighted by atomic mass is 10.1. The molecule has 1 aromatic carbocycles. The van der Waals surface area contributed by atoms with Gasteiger partial charge in [0.15, 0.2) is 0 Å². The minimum atomic E-state index is -2.85. The Morgan fingerprint density at radius 3 is 2.59 bits per heavy atom. The van der Waals surface area contributed by atoms with Gasteiger partial charge in [0, 0.05) is 18.7 Å². The molecule has 1 aromatic rings. The highest BCUT2D eigenvalue weighted by Crippen LogP contribution is 2.18. The molecule has 22 heavy (non-hydrogen) atoms. The fourth-order valence-electron chi connectivity index (χ4n) is 2.54. The van der Waals surface area contributed by atoms with Crippen molar-refractivity contribution in [3.8, 4) is 5.75 Å². The van der Waals surface area contributed by atoms with Crippen LogP contribution >= 0.6 is 12.4 Å². The summed E-state index contributed by atoms with van der Waals surface area (Å²) in [6.07, 6.45) is 2.94. The number of hydrogen-bond acceptors (Lipinski definition) is 3. The van der Waals surface area contributed by atoms with Crippen molar-refractivity contribution >= 4 is 18.3 Å². The van der Waals surface area contributed by atoms with Crippen molar-refractivity contribution in [3.63, 3.8) is 0 Å². The summed E-state index contributed by atoms with van der Waals surface area (Å²) >= 11 is 0. The maximum atomic E-state index is 12.4. The predicted molar refractivity (Wildman–Crippen MR) is 82.9 cm³/mol. The summed E-state index contributed by atoms with van der Waals surface area (Å²) in [7, 11) is 1.79. The molecule has 1 heterocycles. The average Bonchev–Trinajstić information content (AvgIpc) is 2.75. The Kier molecular flexibility index (Phi) is 7.55. The first kappa shape index (κ1) is 18.6. The predicted octanol–water partition coefficient (Wildman–Crippen LogP) is 2.92. The Balaban J connectivity index is 0.00000242. The SMILES string of the molecule is CN(C(=O)c1ccc(OC(F)F)cc1)C1CCCNCC1.Cl. The van der Waals surface area contributed by atoms with E-state index in [1.54, 1.807) is 11.9 Å². The van der Waals surface area contributed by atoms with Crippen molar-refractivity contribution in [2.24, 2.45) is 0 Å². The highest BCUT2D eigenvalue weighted by molar-refractivity contribution is 5.94. The molecule has 0 aliphatic carbocycles. The van der Waals surface area contributed by atoms with E-state index in [9.17, 15) is 13.6 Å². The monoisotopic (exact) mass is 334 g/mol. The molecule has 124 valence electrons. The van der Waals surface area contributed by atoms with Crippen LogP contribution < -0.4 is 10.1 Å². The Labute approximate surface area is 135 Å². The van der Waals surface area contributed by atoms with Crippen LogP contribution in [-0.4, -0.2) is 43.6 Å². The third-order valence-corrected chi connectivity index (χ3v) is 3.74. The van der Waals surface area contributed by atoms with Crippen LogP contribution in [0.25, 0.3) is 0 Å². The molecule has 1 N–H and O–H groups in total. The van der Waals surface area contributed by atoms with E-state index in [0.29, 0.717) is 5.56 Å². The van der Waals surface area contributed by atoms with Crippen LogP contribution in [0.15, 0.2) is 24.3 Å². The van der Waals surface area contributed by atoms with E-state index < -0.39 is 6.61 Å². The van der Waals surface area contributed by atoms with Crippen LogP contribution in [-0.2, 0) is 0 Å². The minimum absolute atomic E-state index is 0. The Hall–Kier alpha value is -1.40. The molecule has 7 heteroatoms. The van der Waals surface area contributed by atoms with E-state index in [4.69, 9.17) is 0 Å². The minimum Gasteiger partial charge on any atom is -0.435 e. The van der Waals surface area contributed by atoms with E-state index in [-0.39, 0.29) is 30.1 Å².